The van der Waals surface area contributed by atoms with Crippen molar-refractivity contribution in [2.45, 2.75) is 24.8 Å². The first-order valence-electron chi connectivity index (χ1n) is 5.34. The standard InChI is InChI=1S/C12H13NO4/c13-12(11(16)17)5-1-2-7-3-4-8(10(14)15)6-9(7)12/h3-4,6H,1-2,5,13H2,(H,14,15)(H,16,17). The van der Waals surface area contributed by atoms with Gasteiger partial charge in [-0.3, -0.25) is 0 Å². The van der Waals surface area contributed by atoms with Gasteiger partial charge in [-0.25, -0.2) is 9.59 Å². The van der Waals surface area contributed by atoms with E-state index in [1.807, 2.05) is 0 Å². The number of aromatic carboxylic acids is 1. The van der Waals surface area contributed by atoms with E-state index in [9.17, 15) is 14.7 Å². The van der Waals surface area contributed by atoms with Crippen LogP contribution in [0.3, 0.4) is 0 Å². The number of carbonyl (C=O) groups is 2. The van der Waals surface area contributed by atoms with Crippen LogP contribution in [0.25, 0.3) is 0 Å². The van der Waals surface area contributed by atoms with Crippen LogP contribution in [0.5, 0.6) is 0 Å². The summed E-state index contributed by atoms with van der Waals surface area (Å²) in [6.45, 7) is 0. The van der Waals surface area contributed by atoms with E-state index in [-0.39, 0.29) is 5.56 Å². The Kier molecular flexibility index (Phi) is 2.63. The number of carboxylic acids is 2. The minimum Gasteiger partial charge on any atom is -0.480 e. The van der Waals surface area contributed by atoms with E-state index in [1.54, 1.807) is 6.07 Å². The summed E-state index contributed by atoms with van der Waals surface area (Å²) in [6, 6.07) is 4.52. The van der Waals surface area contributed by atoms with Crippen molar-refractivity contribution in [2.75, 3.05) is 0 Å². The third-order valence-electron chi connectivity index (χ3n) is 3.24. The first-order chi connectivity index (χ1) is 7.95. The van der Waals surface area contributed by atoms with Crippen LogP contribution in [0.2, 0.25) is 0 Å². The predicted molar refractivity (Wildman–Crippen MR) is 59.8 cm³/mol. The van der Waals surface area contributed by atoms with Crippen LogP contribution in [0, 0.1) is 0 Å². The SMILES string of the molecule is NC1(C(=O)O)CCCc2ccc(C(=O)O)cc21. The van der Waals surface area contributed by atoms with Crippen molar-refractivity contribution >= 4 is 11.9 Å². The van der Waals surface area contributed by atoms with Crippen molar-refractivity contribution in [1.29, 1.82) is 0 Å². The quantitative estimate of drug-likeness (QED) is 0.708. The Labute approximate surface area is 97.9 Å². The van der Waals surface area contributed by atoms with Crippen LogP contribution >= 0.6 is 0 Å². The number of benzene rings is 1. The normalized spacial score (nSPS) is 22.9. The summed E-state index contributed by atoms with van der Waals surface area (Å²) in [5, 5.41) is 18.1. The highest BCUT2D eigenvalue weighted by Crippen LogP contribution is 2.34. The second kappa shape index (κ2) is 3.85. The van der Waals surface area contributed by atoms with Gasteiger partial charge in [-0.1, -0.05) is 6.07 Å². The highest BCUT2D eigenvalue weighted by atomic mass is 16.4. The third-order valence-corrected chi connectivity index (χ3v) is 3.24. The van der Waals surface area contributed by atoms with Gasteiger partial charge in [-0.15, -0.1) is 0 Å². The number of nitrogens with two attached hydrogens (primary N) is 1. The molecule has 17 heavy (non-hydrogen) atoms. The fourth-order valence-electron chi connectivity index (χ4n) is 2.26. The van der Waals surface area contributed by atoms with Gasteiger partial charge in [0.15, 0.2) is 0 Å². The highest BCUT2D eigenvalue weighted by Gasteiger charge is 2.40. The van der Waals surface area contributed by atoms with Gasteiger partial charge >= 0.3 is 11.9 Å². The summed E-state index contributed by atoms with van der Waals surface area (Å²) in [5.41, 5.74) is 5.75. The summed E-state index contributed by atoms with van der Waals surface area (Å²) in [7, 11) is 0. The fraction of sp³-hybridized carbons (Fsp3) is 0.333. The molecule has 5 nitrogen and oxygen atoms in total. The van der Waals surface area contributed by atoms with Gasteiger partial charge < -0.3 is 15.9 Å². The van der Waals surface area contributed by atoms with Crippen molar-refractivity contribution < 1.29 is 19.8 Å². The molecule has 0 radical (unpaired) electrons. The minimum absolute atomic E-state index is 0.0710. The van der Waals surface area contributed by atoms with Gasteiger partial charge in [0, 0.05) is 0 Å². The number of hydrogen-bond acceptors (Lipinski definition) is 3. The maximum absolute atomic E-state index is 11.2. The summed E-state index contributed by atoms with van der Waals surface area (Å²) >= 11 is 0. The van der Waals surface area contributed by atoms with E-state index >= 15 is 0 Å². The van der Waals surface area contributed by atoms with Gasteiger partial charge in [0.25, 0.3) is 0 Å². The number of aryl methyl sites for hydroxylation is 1. The molecule has 1 aliphatic rings. The van der Waals surface area contributed by atoms with Crippen molar-refractivity contribution in [3.8, 4) is 0 Å². The zero-order valence-corrected chi connectivity index (χ0v) is 9.14. The average Bonchev–Trinajstić information content (AvgIpc) is 2.28. The lowest BCUT2D eigenvalue weighted by Gasteiger charge is -2.32. The molecule has 0 amide bonds. The summed E-state index contributed by atoms with van der Waals surface area (Å²) < 4.78 is 0. The molecule has 0 aromatic heterocycles. The Morgan fingerprint density at radius 3 is 2.59 bits per heavy atom. The van der Waals surface area contributed by atoms with Gasteiger partial charge in [0.1, 0.15) is 5.54 Å². The van der Waals surface area contributed by atoms with Gasteiger partial charge in [-0.2, -0.15) is 0 Å². The second-order valence-electron chi connectivity index (χ2n) is 4.31. The second-order valence-corrected chi connectivity index (χ2v) is 4.31. The number of hydrogen-bond donors (Lipinski definition) is 3. The van der Waals surface area contributed by atoms with E-state index in [0.717, 1.165) is 12.0 Å². The molecule has 1 aliphatic carbocycles. The molecule has 0 saturated heterocycles. The molecule has 90 valence electrons. The number of aliphatic carboxylic acids is 1. The van der Waals surface area contributed by atoms with E-state index in [1.165, 1.54) is 12.1 Å². The van der Waals surface area contributed by atoms with Gasteiger partial charge in [0.05, 0.1) is 5.56 Å². The molecular formula is C12H13NO4. The highest BCUT2D eigenvalue weighted by molar-refractivity contribution is 5.89. The number of fused-ring (bicyclic) bond motifs is 1. The van der Waals surface area contributed by atoms with E-state index in [0.29, 0.717) is 18.4 Å². The molecule has 1 aromatic carbocycles. The van der Waals surface area contributed by atoms with Crippen molar-refractivity contribution in [2.24, 2.45) is 5.73 Å². The zero-order chi connectivity index (χ0) is 12.6. The van der Waals surface area contributed by atoms with Crippen molar-refractivity contribution in [3.63, 3.8) is 0 Å². The Hall–Kier alpha value is -1.88. The molecule has 4 N–H and O–H groups in total. The van der Waals surface area contributed by atoms with Crippen molar-refractivity contribution in [3.05, 3.63) is 34.9 Å². The summed E-state index contributed by atoms with van der Waals surface area (Å²) in [4.78, 5) is 22.1. The van der Waals surface area contributed by atoms with E-state index < -0.39 is 17.5 Å². The van der Waals surface area contributed by atoms with Crippen LogP contribution in [0.15, 0.2) is 18.2 Å². The zero-order valence-electron chi connectivity index (χ0n) is 9.14. The molecule has 0 fully saturated rings. The largest absolute Gasteiger partial charge is 0.480 e. The molecule has 0 bridgehead atoms. The van der Waals surface area contributed by atoms with Crippen LogP contribution in [-0.2, 0) is 16.8 Å². The molecule has 0 spiro atoms. The molecule has 5 heteroatoms. The molecule has 1 atom stereocenters. The Balaban J connectivity index is 2.59. The first-order valence-corrected chi connectivity index (χ1v) is 5.34. The van der Waals surface area contributed by atoms with Crippen LogP contribution in [0.4, 0.5) is 0 Å². The Bertz CT molecular complexity index is 497. The Morgan fingerprint density at radius 2 is 2.00 bits per heavy atom. The maximum atomic E-state index is 11.2. The fourth-order valence-corrected chi connectivity index (χ4v) is 2.26. The Morgan fingerprint density at radius 1 is 1.29 bits per heavy atom. The van der Waals surface area contributed by atoms with E-state index in [4.69, 9.17) is 10.8 Å². The monoisotopic (exact) mass is 235 g/mol. The lowest BCUT2D eigenvalue weighted by Crippen LogP contribution is -2.47. The van der Waals surface area contributed by atoms with Gasteiger partial charge in [0.2, 0.25) is 0 Å². The van der Waals surface area contributed by atoms with Crippen molar-refractivity contribution in [1.82, 2.24) is 0 Å². The maximum Gasteiger partial charge on any atom is 0.335 e. The summed E-state index contributed by atoms with van der Waals surface area (Å²) in [6.07, 6.45) is 1.77. The predicted octanol–water partition coefficient (Wildman–Crippen LogP) is 0.960. The lowest BCUT2D eigenvalue weighted by molar-refractivity contribution is -0.144. The van der Waals surface area contributed by atoms with E-state index in [2.05, 4.69) is 0 Å². The van der Waals surface area contributed by atoms with Crippen LogP contribution in [-0.4, -0.2) is 22.2 Å². The smallest absolute Gasteiger partial charge is 0.335 e. The van der Waals surface area contributed by atoms with Gasteiger partial charge in [-0.05, 0) is 42.5 Å². The number of carboxylic acid groups (broad SMARTS) is 2. The molecule has 1 unspecified atom stereocenters. The van der Waals surface area contributed by atoms with Crippen LogP contribution < -0.4 is 5.73 Å². The molecule has 0 heterocycles. The minimum atomic E-state index is -1.46. The average molecular weight is 235 g/mol. The number of rotatable bonds is 2. The molecule has 2 rings (SSSR count). The molecular weight excluding hydrogens is 222 g/mol. The topological polar surface area (TPSA) is 101 Å². The summed E-state index contributed by atoms with van der Waals surface area (Å²) in [5.74, 6) is -2.19. The van der Waals surface area contributed by atoms with Crippen LogP contribution in [0.1, 0.15) is 34.3 Å². The third kappa shape index (κ3) is 1.78. The molecule has 0 aliphatic heterocycles. The molecule has 1 aromatic rings. The lowest BCUT2D eigenvalue weighted by atomic mass is 9.76. The first kappa shape index (κ1) is 11.6. The molecule has 0 saturated carbocycles.